The standard InChI is InChI=1S/C38H52N6O3/c1-25-20-29-27-22-31(46)30-21-26(45)8-10-37(30,2)28(27)9-11-38(29,3)35(25)32(47)24-41-16-18-43(19-17-41)34-23-33(42-12-4-5-13-42)39-36(40-34)44-14-6-7-15-44/h8-10,21,23,25,27,29,31,35,46H,4-7,11-20,22,24H2,1-3H3. The summed E-state index contributed by atoms with van der Waals surface area (Å²) in [5.74, 6) is 4.23. The second kappa shape index (κ2) is 11.8. The number of allylic oxidation sites excluding steroid dienone is 5. The van der Waals surface area contributed by atoms with E-state index < -0.39 is 11.5 Å². The molecule has 7 unspecified atom stereocenters. The lowest BCUT2D eigenvalue weighted by atomic mass is 9.51. The van der Waals surface area contributed by atoms with Gasteiger partial charge in [0.05, 0.1) is 12.6 Å². The number of hydrogen-bond donors (Lipinski definition) is 1. The molecule has 2 saturated carbocycles. The summed E-state index contributed by atoms with van der Waals surface area (Å²) in [6.07, 6.45) is 14.5. The van der Waals surface area contributed by atoms with Crippen LogP contribution >= 0.6 is 0 Å². The van der Waals surface area contributed by atoms with Crippen LogP contribution in [0.15, 0.2) is 41.5 Å². The second-order valence-electron chi connectivity index (χ2n) is 16.1. The van der Waals surface area contributed by atoms with E-state index in [-0.39, 0.29) is 23.0 Å². The van der Waals surface area contributed by atoms with Gasteiger partial charge in [0.15, 0.2) is 11.6 Å². The van der Waals surface area contributed by atoms with Crippen molar-refractivity contribution in [1.29, 1.82) is 0 Å². The lowest BCUT2D eigenvalue weighted by Crippen LogP contribution is -2.51. The summed E-state index contributed by atoms with van der Waals surface area (Å²) in [4.78, 5) is 46.1. The van der Waals surface area contributed by atoms with E-state index in [4.69, 9.17) is 9.97 Å². The van der Waals surface area contributed by atoms with E-state index in [9.17, 15) is 14.7 Å². The van der Waals surface area contributed by atoms with Crippen molar-refractivity contribution in [2.75, 3.05) is 73.6 Å². The fourth-order valence-corrected chi connectivity index (χ4v) is 10.8. The minimum Gasteiger partial charge on any atom is -0.389 e. The molecule has 4 heterocycles. The van der Waals surface area contributed by atoms with Gasteiger partial charge in [-0.05, 0) is 92.8 Å². The Bertz CT molecular complexity index is 1480. The third-order valence-electron chi connectivity index (χ3n) is 13.2. The van der Waals surface area contributed by atoms with E-state index in [0.29, 0.717) is 30.6 Å². The Morgan fingerprint density at radius 2 is 1.53 bits per heavy atom. The molecule has 3 saturated heterocycles. The van der Waals surface area contributed by atoms with Gasteiger partial charge in [-0.3, -0.25) is 14.5 Å². The summed E-state index contributed by atoms with van der Waals surface area (Å²) in [6, 6.07) is 2.19. The summed E-state index contributed by atoms with van der Waals surface area (Å²) in [6.45, 7) is 14.9. The molecular formula is C38H52N6O3. The molecule has 0 bridgehead atoms. The van der Waals surface area contributed by atoms with Gasteiger partial charge in [0.2, 0.25) is 5.95 Å². The molecule has 7 atom stereocenters. The van der Waals surface area contributed by atoms with Gasteiger partial charge in [0.1, 0.15) is 11.6 Å². The third kappa shape index (κ3) is 5.27. The number of anilines is 3. The molecule has 3 aliphatic heterocycles. The number of fused-ring (bicyclic) bond motifs is 5. The first-order valence-electron chi connectivity index (χ1n) is 18.4. The number of hydrogen-bond acceptors (Lipinski definition) is 9. The van der Waals surface area contributed by atoms with Gasteiger partial charge in [0, 0.05) is 69.8 Å². The predicted octanol–water partition coefficient (Wildman–Crippen LogP) is 4.43. The minimum absolute atomic E-state index is 0.0154. The van der Waals surface area contributed by atoms with Crippen molar-refractivity contribution < 1.29 is 14.7 Å². The summed E-state index contributed by atoms with van der Waals surface area (Å²) in [5, 5.41) is 11.3. The van der Waals surface area contributed by atoms with Crippen molar-refractivity contribution in [2.45, 2.75) is 71.8 Å². The molecule has 1 aromatic rings. The molecule has 0 radical (unpaired) electrons. The topological polar surface area (TPSA) is 93.1 Å². The summed E-state index contributed by atoms with van der Waals surface area (Å²) in [5.41, 5.74) is 1.67. The van der Waals surface area contributed by atoms with Gasteiger partial charge in [0.25, 0.3) is 0 Å². The second-order valence-corrected chi connectivity index (χ2v) is 16.1. The van der Waals surface area contributed by atoms with Crippen LogP contribution < -0.4 is 14.7 Å². The fourth-order valence-electron chi connectivity index (χ4n) is 10.8. The number of aliphatic hydroxyl groups is 1. The number of rotatable bonds is 6. The molecule has 9 nitrogen and oxygen atoms in total. The van der Waals surface area contributed by atoms with E-state index in [2.05, 4.69) is 52.5 Å². The molecule has 252 valence electrons. The number of carbonyl (C=O) groups is 2. The van der Waals surface area contributed by atoms with Crippen LogP contribution in [0.4, 0.5) is 17.6 Å². The maximum absolute atomic E-state index is 14.3. The van der Waals surface area contributed by atoms with E-state index in [1.807, 2.05) is 6.08 Å². The molecule has 5 fully saturated rings. The molecule has 47 heavy (non-hydrogen) atoms. The Kier molecular flexibility index (Phi) is 7.86. The highest BCUT2D eigenvalue weighted by molar-refractivity contribution is 6.01. The molecule has 0 spiro atoms. The van der Waals surface area contributed by atoms with Crippen molar-refractivity contribution in [3.8, 4) is 0 Å². The molecule has 9 heteroatoms. The highest BCUT2D eigenvalue weighted by atomic mass is 16.3. The molecule has 4 aliphatic carbocycles. The Balaban J connectivity index is 0.955. The van der Waals surface area contributed by atoms with Gasteiger partial charge in [-0.25, -0.2) is 0 Å². The Morgan fingerprint density at radius 3 is 2.21 bits per heavy atom. The lowest BCUT2D eigenvalue weighted by molar-refractivity contribution is -0.129. The third-order valence-corrected chi connectivity index (χ3v) is 13.2. The van der Waals surface area contributed by atoms with Crippen LogP contribution in [0.2, 0.25) is 0 Å². The van der Waals surface area contributed by atoms with E-state index in [1.54, 1.807) is 12.2 Å². The quantitative estimate of drug-likeness (QED) is 0.454. The minimum atomic E-state index is -0.618. The van der Waals surface area contributed by atoms with Gasteiger partial charge < -0.3 is 19.8 Å². The normalized spacial score (nSPS) is 37.1. The van der Waals surface area contributed by atoms with E-state index >= 15 is 0 Å². The molecule has 0 aromatic carbocycles. The number of carbonyl (C=O) groups excluding carboxylic acids is 2. The van der Waals surface area contributed by atoms with Crippen molar-refractivity contribution in [2.24, 2.45) is 34.5 Å². The lowest BCUT2D eigenvalue weighted by Gasteiger charge is -2.53. The number of aliphatic hydroxyl groups excluding tert-OH is 1. The fraction of sp³-hybridized carbons (Fsp3) is 0.684. The number of nitrogens with zero attached hydrogens (tertiary/aromatic N) is 6. The smallest absolute Gasteiger partial charge is 0.229 e. The molecule has 1 aromatic heterocycles. The molecule has 7 aliphatic rings. The van der Waals surface area contributed by atoms with Crippen LogP contribution in [0.3, 0.4) is 0 Å². The zero-order valence-electron chi connectivity index (χ0n) is 28.5. The van der Waals surface area contributed by atoms with Crippen molar-refractivity contribution in [3.05, 3.63) is 41.5 Å². The monoisotopic (exact) mass is 640 g/mol. The average molecular weight is 641 g/mol. The number of ketones is 2. The summed E-state index contributed by atoms with van der Waals surface area (Å²) < 4.78 is 0. The molecule has 1 N–H and O–H groups in total. The van der Waals surface area contributed by atoms with Crippen LogP contribution in [0.5, 0.6) is 0 Å². The number of aromatic nitrogens is 2. The first kappa shape index (κ1) is 31.2. The van der Waals surface area contributed by atoms with Crippen LogP contribution in [0.25, 0.3) is 0 Å². The largest absolute Gasteiger partial charge is 0.389 e. The zero-order valence-corrected chi connectivity index (χ0v) is 28.5. The Hall–Kier alpha value is -3.04. The highest BCUT2D eigenvalue weighted by Gasteiger charge is 2.60. The summed E-state index contributed by atoms with van der Waals surface area (Å²) in [7, 11) is 0. The maximum Gasteiger partial charge on any atom is 0.229 e. The molecule has 0 amide bonds. The van der Waals surface area contributed by atoms with Crippen LogP contribution in [-0.4, -0.2) is 96.5 Å². The van der Waals surface area contributed by atoms with E-state index in [0.717, 1.165) is 88.4 Å². The predicted molar refractivity (Wildman–Crippen MR) is 185 cm³/mol. The average Bonchev–Trinajstić information content (AvgIpc) is 3.83. The SMILES string of the molecule is CC1CC2C3CC(O)C4=CC(=O)C=CC4(C)C3=CCC2(C)C1C(=O)CN1CCN(c2cc(N3CCCC3)nc(N3CCCC3)n2)CC1. The van der Waals surface area contributed by atoms with Gasteiger partial charge >= 0.3 is 0 Å². The van der Waals surface area contributed by atoms with Crippen LogP contribution in [0, 0.1) is 34.5 Å². The van der Waals surface area contributed by atoms with Crippen LogP contribution in [0.1, 0.15) is 65.7 Å². The van der Waals surface area contributed by atoms with Crippen molar-refractivity contribution in [3.63, 3.8) is 0 Å². The van der Waals surface area contributed by atoms with Gasteiger partial charge in [-0.2, -0.15) is 9.97 Å². The number of Topliss-reactive ketones (excluding diaryl/α,β-unsaturated/α-hetero) is 1. The molecule has 8 rings (SSSR count). The number of piperazine rings is 1. The van der Waals surface area contributed by atoms with Crippen LogP contribution in [-0.2, 0) is 9.59 Å². The molecular weight excluding hydrogens is 588 g/mol. The highest BCUT2D eigenvalue weighted by Crippen LogP contribution is 2.65. The maximum atomic E-state index is 14.3. The van der Waals surface area contributed by atoms with Crippen molar-refractivity contribution >= 4 is 29.2 Å². The van der Waals surface area contributed by atoms with Crippen molar-refractivity contribution in [1.82, 2.24) is 14.9 Å². The van der Waals surface area contributed by atoms with Gasteiger partial charge in [-0.1, -0.05) is 31.6 Å². The summed E-state index contributed by atoms with van der Waals surface area (Å²) >= 11 is 0. The van der Waals surface area contributed by atoms with Gasteiger partial charge in [-0.15, -0.1) is 0 Å². The van der Waals surface area contributed by atoms with E-state index in [1.165, 1.54) is 31.3 Å². The first-order valence-corrected chi connectivity index (χ1v) is 18.4. The Morgan fingerprint density at radius 1 is 0.894 bits per heavy atom. The zero-order chi connectivity index (χ0) is 32.5. The first-order chi connectivity index (χ1) is 22.6. The Labute approximate surface area is 279 Å².